The summed E-state index contributed by atoms with van der Waals surface area (Å²) in [7, 11) is -3.83. The van der Waals surface area contributed by atoms with Gasteiger partial charge in [-0.05, 0) is 12.8 Å². The van der Waals surface area contributed by atoms with Crippen LogP contribution in [0.2, 0.25) is 4.34 Å². The van der Waals surface area contributed by atoms with Crippen LogP contribution >= 0.6 is 22.9 Å². The average Bonchev–Trinajstić information content (AvgIpc) is 2.81. The van der Waals surface area contributed by atoms with E-state index in [1.165, 1.54) is 0 Å². The number of sulfonamides is 1. The summed E-state index contributed by atoms with van der Waals surface area (Å²) in [5, 5.41) is 10.7. The van der Waals surface area contributed by atoms with Crippen LogP contribution in [0.15, 0.2) is 10.3 Å². The Morgan fingerprint density at radius 2 is 2.05 bits per heavy atom. The first-order chi connectivity index (χ1) is 9.73. The molecular weight excluding hydrogens is 338 g/mol. The van der Waals surface area contributed by atoms with Crippen LogP contribution in [0.4, 0.5) is 5.69 Å². The van der Waals surface area contributed by atoms with Gasteiger partial charge in [-0.2, -0.15) is 0 Å². The lowest BCUT2D eigenvalue weighted by molar-refractivity contribution is -0.384. The second-order valence-electron chi connectivity index (χ2n) is 5.23. The van der Waals surface area contributed by atoms with Gasteiger partial charge in [0.25, 0.3) is 5.69 Å². The zero-order valence-corrected chi connectivity index (χ0v) is 13.6. The number of nitrogens with one attached hydrogen (secondary N) is 1. The van der Waals surface area contributed by atoms with Gasteiger partial charge < -0.3 is 5.73 Å². The molecule has 1 aliphatic carbocycles. The third-order valence-electron chi connectivity index (χ3n) is 3.57. The minimum Gasteiger partial charge on any atom is -0.324 e. The highest BCUT2D eigenvalue weighted by molar-refractivity contribution is 7.91. The topological polar surface area (TPSA) is 115 Å². The highest BCUT2D eigenvalue weighted by atomic mass is 35.5. The molecule has 10 heteroatoms. The van der Waals surface area contributed by atoms with Crippen molar-refractivity contribution in [2.24, 2.45) is 5.73 Å². The molecule has 1 aliphatic rings. The number of nitro groups is 1. The van der Waals surface area contributed by atoms with Crippen LogP contribution in [0.5, 0.6) is 0 Å². The summed E-state index contributed by atoms with van der Waals surface area (Å²) in [6.45, 7) is 0.124. The van der Waals surface area contributed by atoms with Crippen molar-refractivity contribution in [2.75, 3.05) is 6.54 Å². The van der Waals surface area contributed by atoms with E-state index in [1.807, 2.05) is 0 Å². The summed E-state index contributed by atoms with van der Waals surface area (Å²) in [6, 6.07) is 0.972. The average molecular weight is 354 g/mol. The van der Waals surface area contributed by atoms with Gasteiger partial charge in [-0.15, -0.1) is 11.3 Å². The number of hydrogen-bond donors (Lipinski definition) is 2. The lowest BCUT2D eigenvalue weighted by Gasteiger charge is -2.33. The molecule has 0 aliphatic heterocycles. The molecule has 0 amide bonds. The molecule has 1 fully saturated rings. The highest BCUT2D eigenvalue weighted by Crippen LogP contribution is 2.36. The number of thiophene rings is 1. The van der Waals surface area contributed by atoms with Crippen molar-refractivity contribution < 1.29 is 13.3 Å². The van der Waals surface area contributed by atoms with Crippen LogP contribution in [-0.4, -0.2) is 25.4 Å². The van der Waals surface area contributed by atoms with Gasteiger partial charge in [-0.25, -0.2) is 13.1 Å². The molecule has 2 rings (SSSR count). The lowest BCUT2D eigenvalue weighted by Crippen LogP contribution is -2.51. The summed E-state index contributed by atoms with van der Waals surface area (Å²) < 4.78 is 26.5. The first kappa shape index (κ1) is 16.6. The van der Waals surface area contributed by atoms with Crippen molar-refractivity contribution in [1.29, 1.82) is 0 Å². The summed E-state index contributed by atoms with van der Waals surface area (Å²) in [4.78, 5) is 10.0. The predicted octanol–water partition coefficient (Wildman–Crippen LogP) is 2.25. The minimum atomic E-state index is -3.83. The molecule has 0 radical (unpaired) electrons. The van der Waals surface area contributed by atoms with Crippen LogP contribution in [0.1, 0.15) is 32.1 Å². The van der Waals surface area contributed by atoms with Crippen molar-refractivity contribution in [1.82, 2.24) is 4.72 Å². The number of rotatable bonds is 5. The zero-order chi connectivity index (χ0) is 15.7. The lowest BCUT2D eigenvalue weighted by atomic mass is 9.83. The van der Waals surface area contributed by atoms with Gasteiger partial charge in [-0.3, -0.25) is 10.1 Å². The van der Waals surface area contributed by atoms with Gasteiger partial charge in [0.2, 0.25) is 10.0 Å². The molecule has 0 saturated heterocycles. The number of hydrogen-bond acceptors (Lipinski definition) is 6. The van der Waals surface area contributed by atoms with E-state index < -0.39 is 26.2 Å². The summed E-state index contributed by atoms with van der Waals surface area (Å²) in [5.41, 5.74) is 5.23. The fourth-order valence-corrected chi connectivity index (χ4v) is 5.19. The maximum atomic E-state index is 12.2. The van der Waals surface area contributed by atoms with E-state index in [4.69, 9.17) is 17.3 Å². The number of nitrogens with zero attached hydrogens (tertiary/aromatic N) is 1. The van der Waals surface area contributed by atoms with Crippen LogP contribution in [-0.2, 0) is 10.0 Å². The molecular formula is C11H16ClN3O4S2. The zero-order valence-electron chi connectivity index (χ0n) is 11.2. The molecule has 118 valence electrons. The third-order valence-corrected chi connectivity index (χ3v) is 6.78. The highest BCUT2D eigenvalue weighted by Gasteiger charge is 2.31. The Bertz CT molecular complexity index is 638. The van der Waals surface area contributed by atoms with E-state index in [1.54, 1.807) is 0 Å². The maximum absolute atomic E-state index is 12.2. The first-order valence-electron chi connectivity index (χ1n) is 6.46. The molecule has 21 heavy (non-hydrogen) atoms. The van der Waals surface area contributed by atoms with Gasteiger partial charge in [0.1, 0.15) is 4.21 Å². The molecule has 0 aromatic carbocycles. The molecule has 0 atom stereocenters. The quantitative estimate of drug-likeness (QED) is 0.622. The fourth-order valence-electron chi connectivity index (χ4n) is 2.34. The molecule has 0 unspecified atom stereocenters. The Kier molecular flexibility index (Phi) is 4.89. The van der Waals surface area contributed by atoms with E-state index in [-0.39, 0.29) is 15.1 Å². The Morgan fingerprint density at radius 1 is 1.43 bits per heavy atom. The van der Waals surface area contributed by atoms with Gasteiger partial charge in [0.15, 0.2) is 4.34 Å². The van der Waals surface area contributed by atoms with Gasteiger partial charge >= 0.3 is 0 Å². The van der Waals surface area contributed by atoms with Crippen molar-refractivity contribution in [3.63, 3.8) is 0 Å². The Balaban J connectivity index is 2.11. The monoisotopic (exact) mass is 353 g/mol. The van der Waals surface area contributed by atoms with E-state index in [2.05, 4.69) is 4.72 Å². The Labute approximate surface area is 131 Å². The smallest absolute Gasteiger partial charge is 0.300 e. The molecule has 1 heterocycles. The van der Waals surface area contributed by atoms with E-state index in [0.29, 0.717) is 11.3 Å². The molecule has 3 N–H and O–H groups in total. The summed E-state index contributed by atoms with van der Waals surface area (Å²) >= 11 is 6.35. The molecule has 0 spiro atoms. The van der Waals surface area contributed by atoms with Gasteiger partial charge in [0.05, 0.1) is 4.92 Å². The van der Waals surface area contributed by atoms with E-state index in [9.17, 15) is 18.5 Å². The molecule has 1 aromatic heterocycles. The standard InChI is InChI=1S/C11H16ClN3O4S2/c12-10-8(15(16)17)6-9(20-10)21(18,19)14-7-11(13)4-2-1-3-5-11/h6,14H,1-5,7,13H2. The van der Waals surface area contributed by atoms with Crippen molar-refractivity contribution in [2.45, 2.75) is 41.9 Å². The normalized spacial score (nSPS) is 18.6. The number of nitrogens with two attached hydrogens (primary N) is 1. The summed E-state index contributed by atoms with van der Waals surface area (Å²) in [6.07, 6.45) is 4.60. The Hall–Kier alpha value is -0.740. The maximum Gasteiger partial charge on any atom is 0.300 e. The summed E-state index contributed by atoms with van der Waals surface area (Å²) in [5.74, 6) is 0. The SMILES string of the molecule is NC1(CNS(=O)(=O)c2cc([N+](=O)[O-])c(Cl)s2)CCCCC1. The van der Waals surface area contributed by atoms with Crippen molar-refractivity contribution >= 4 is 38.6 Å². The Morgan fingerprint density at radius 3 is 2.57 bits per heavy atom. The largest absolute Gasteiger partial charge is 0.324 e. The van der Waals surface area contributed by atoms with Crippen LogP contribution in [0.3, 0.4) is 0 Å². The number of halogens is 1. The van der Waals surface area contributed by atoms with E-state index in [0.717, 1.165) is 38.2 Å². The molecule has 0 bridgehead atoms. The minimum absolute atomic E-state index is 0.124. The van der Waals surface area contributed by atoms with Gasteiger partial charge in [0, 0.05) is 18.2 Å². The fraction of sp³-hybridized carbons (Fsp3) is 0.636. The van der Waals surface area contributed by atoms with Crippen molar-refractivity contribution in [3.05, 3.63) is 20.5 Å². The van der Waals surface area contributed by atoms with Crippen LogP contribution in [0.25, 0.3) is 0 Å². The first-order valence-corrected chi connectivity index (χ1v) is 9.14. The third kappa shape index (κ3) is 3.92. The second-order valence-corrected chi connectivity index (χ2v) is 8.88. The van der Waals surface area contributed by atoms with Crippen molar-refractivity contribution in [3.8, 4) is 0 Å². The molecule has 7 nitrogen and oxygen atoms in total. The molecule has 1 saturated carbocycles. The molecule has 1 aromatic rings. The van der Waals surface area contributed by atoms with Crippen LogP contribution in [0, 0.1) is 10.1 Å². The van der Waals surface area contributed by atoms with Gasteiger partial charge in [-0.1, -0.05) is 30.9 Å². The predicted molar refractivity (Wildman–Crippen MR) is 81.2 cm³/mol. The van der Waals surface area contributed by atoms with E-state index >= 15 is 0 Å². The second kappa shape index (κ2) is 6.17. The van der Waals surface area contributed by atoms with Crippen LogP contribution < -0.4 is 10.5 Å².